The second kappa shape index (κ2) is 6.23. The maximum Gasteiger partial charge on any atom is 0.0722 e. The fraction of sp³-hybridized carbons (Fsp3) is 0.471. The highest BCUT2D eigenvalue weighted by Gasteiger charge is 2.14. The first-order valence-corrected chi connectivity index (χ1v) is 7.63. The molecule has 0 saturated carbocycles. The summed E-state index contributed by atoms with van der Waals surface area (Å²) in [4.78, 5) is 6.98. The molecule has 20 heavy (non-hydrogen) atoms. The first-order chi connectivity index (χ1) is 9.83. The highest BCUT2D eigenvalue weighted by Crippen LogP contribution is 2.21. The number of hydrogen-bond donors (Lipinski definition) is 1. The SMILES string of the molecule is CC(CNc1ccnc2ccccc12)CN1CCCC1. The Bertz CT molecular complexity index is 556. The van der Waals surface area contributed by atoms with Crippen molar-refractivity contribution in [1.82, 2.24) is 9.88 Å². The van der Waals surface area contributed by atoms with Gasteiger partial charge in [0.05, 0.1) is 5.52 Å². The van der Waals surface area contributed by atoms with Gasteiger partial charge in [-0.25, -0.2) is 0 Å². The van der Waals surface area contributed by atoms with Crippen LogP contribution in [0.25, 0.3) is 10.9 Å². The van der Waals surface area contributed by atoms with E-state index < -0.39 is 0 Å². The van der Waals surface area contributed by atoms with Crippen molar-refractivity contribution in [2.24, 2.45) is 5.92 Å². The quantitative estimate of drug-likeness (QED) is 0.902. The van der Waals surface area contributed by atoms with E-state index in [1.165, 1.54) is 43.5 Å². The summed E-state index contributed by atoms with van der Waals surface area (Å²) in [5, 5.41) is 4.81. The van der Waals surface area contributed by atoms with Crippen LogP contribution >= 0.6 is 0 Å². The van der Waals surface area contributed by atoms with Gasteiger partial charge in [-0.2, -0.15) is 0 Å². The summed E-state index contributed by atoms with van der Waals surface area (Å²) in [6, 6.07) is 10.4. The van der Waals surface area contributed by atoms with E-state index >= 15 is 0 Å². The molecule has 1 unspecified atom stereocenters. The first kappa shape index (κ1) is 13.4. The molecule has 0 spiro atoms. The zero-order valence-electron chi connectivity index (χ0n) is 12.2. The van der Waals surface area contributed by atoms with Crippen molar-refractivity contribution >= 4 is 16.6 Å². The van der Waals surface area contributed by atoms with Crippen molar-refractivity contribution in [3.63, 3.8) is 0 Å². The van der Waals surface area contributed by atoms with Crippen LogP contribution in [0.4, 0.5) is 5.69 Å². The van der Waals surface area contributed by atoms with Crippen LogP contribution in [0.15, 0.2) is 36.5 Å². The third-order valence-electron chi connectivity index (χ3n) is 4.06. The largest absolute Gasteiger partial charge is 0.384 e. The zero-order valence-corrected chi connectivity index (χ0v) is 12.2. The number of rotatable bonds is 5. The molecule has 106 valence electrons. The van der Waals surface area contributed by atoms with Crippen LogP contribution in [0.2, 0.25) is 0 Å². The molecule has 1 aliphatic heterocycles. The van der Waals surface area contributed by atoms with Gasteiger partial charge in [0.15, 0.2) is 0 Å². The fourth-order valence-corrected chi connectivity index (χ4v) is 3.00. The lowest BCUT2D eigenvalue weighted by Gasteiger charge is -2.21. The molecule has 3 heteroatoms. The minimum atomic E-state index is 0.667. The van der Waals surface area contributed by atoms with Crippen molar-refractivity contribution < 1.29 is 0 Å². The van der Waals surface area contributed by atoms with E-state index in [-0.39, 0.29) is 0 Å². The summed E-state index contributed by atoms with van der Waals surface area (Å²) in [5.41, 5.74) is 2.26. The molecular weight excluding hydrogens is 246 g/mol. The first-order valence-electron chi connectivity index (χ1n) is 7.63. The second-order valence-corrected chi connectivity index (χ2v) is 5.87. The molecule has 1 aromatic heterocycles. The third-order valence-corrected chi connectivity index (χ3v) is 4.06. The number of nitrogens with zero attached hydrogens (tertiary/aromatic N) is 2. The summed E-state index contributed by atoms with van der Waals surface area (Å²) >= 11 is 0. The molecule has 1 saturated heterocycles. The molecule has 2 heterocycles. The van der Waals surface area contributed by atoms with E-state index in [0.717, 1.165) is 12.1 Å². The Morgan fingerprint density at radius 3 is 2.85 bits per heavy atom. The molecule has 1 aliphatic rings. The van der Waals surface area contributed by atoms with Gasteiger partial charge in [0.2, 0.25) is 0 Å². The molecule has 2 aromatic rings. The Hall–Kier alpha value is -1.61. The van der Waals surface area contributed by atoms with Gasteiger partial charge >= 0.3 is 0 Å². The van der Waals surface area contributed by atoms with Crippen LogP contribution in [0.5, 0.6) is 0 Å². The Morgan fingerprint density at radius 2 is 2.00 bits per heavy atom. The molecule has 0 aliphatic carbocycles. The number of anilines is 1. The topological polar surface area (TPSA) is 28.2 Å². The summed E-state index contributed by atoms with van der Waals surface area (Å²) in [6.45, 7) is 7.11. The number of hydrogen-bond acceptors (Lipinski definition) is 3. The van der Waals surface area contributed by atoms with Crippen LogP contribution in [-0.4, -0.2) is 36.1 Å². The molecule has 3 nitrogen and oxygen atoms in total. The minimum Gasteiger partial charge on any atom is -0.384 e. The number of benzene rings is 1. The van der Waals surface area contributed by atoms with Gasteiger partial charge < -0.3 is 10.2 Å². The predicted octanol–water partition coefficient (Wildman–Crippen LogP) is 3.38. The molecular formula is C17H23N3. The van der Waals surface area contributed by atoms with E-state index in [4.69, 9.17) is 0 Å². The lowest BCUT2D eigenvalue weighted by molar-refractivity contribution is 0.294. The van der Waals surface area contributed by atoms with Gasteiger partial charge in [0, 0.05) is 30.4 Å². The molecule has 1 fully saturated rings. The van der Waals surface area contributed by atoms with Gasteiger partial charge in [-0.1, -0.05) is 25.1 Å². The van der Waals surface area contributed by atoms with E-state index in [1.807, 2.05) is 12.3 Å². The lowest BCUT2D eigenvalue weighted by atomic mass is 10.1. The number of fused-ring (bicyclic) bond motifs is 1. The Kier molecular flexibility index (Phi) is 4.16. The average molecular weight is 269 g/mol. The van der Waals surface area contributed by atoms with Crippen LogP contribution in [0, 0.1) is 5.92 Å². The van der Waals surface area contributed by atoms with Gasteiger partial charge in [-0.15, -0.1) is 0 Å². The lowest BCUT2D eigenvalue weighted by Crippen LogP contribution is -2.28. The third kappa shape index (κ3) is 3.10. The number of para-hydroxylation sites is 1. The molecule has 0 amide bonds. The number of pyridine rings is 1. The average Bonchev–Trinajstić information content (AvgIpc) is 2.98. The predicted molar refractivity (Wildman–Crippen MR) is 85.1 cm³/mol. The Labute approximate surface area is 121 Å². The van der Waals surface area contributed by atoms with Gasteiger partial charge in [0.1, 0.15) is 0 Å². The molecule has 1 atom stereocenters. The van der Waals surface area contributed by atoms with E-state index in [0.29, 0.717) is 5.92 Å². The number of nitrogens with one attached hydrogen (secondary N) is 1. The van der Waals surface area contributed by atoms with Crippen molar-refractivity contribution in [2.45, 2.75) is 19.8 Å². The highest BCUT2D eigenvalue weighted by molar-refractivity contribution is 5.90. The molecule has 0 radical (unpaired) electrons. The normalized spacial score (nSPS) is 17.4. The summed E-state index contributed by atoms with van der Waals surface area (Å²) in [5.74, 6) is 0.667. The standard InChI is InChI=1S/C17H23N3/c1-14(13-20-10-4-5-11-20)12-19-17-8-9-18-16-7-3-2-6-15(16)17/h2-3,6-9,14H,4-5,10-13H2,1H3,(H,18,19). The van der Waals surface area contributed by atoms with Crippen molar-refractivity contribution in [3.8, 4) is 0 Å². The van der Waals surface area contributed by atoms with Gasteiger partial charge in [-0.05, 0) is 44.0 Å². The van der Waals surface area contributed by atoms with Crippen molar-refractivity contribution in [2.75, 3.05) is 31.5 Å². The van der Waals surface area contributed by atoms with Crippen LogP contribution < -0.4 is 5.32 Å². The summed E-state index contributed by atoms with van der Waals surface area (Å²) < 4.78 is 0. The monoisotopic (exact) mass is 269 g/mol. The summed E-state index contributed by atoms with van der Waals surface area (Å²) in [7, 11) is 0. The molecule has 3 rings (SSSR count). The second-order valence-electron chi connectivity index (χ2n) is 5.87. The van der Waals surface area contributed by atoms with Crippen LogP contribution in [0.3, 0.4) is 0 Å². The van der Waals surface area contributed by atoms with Crippen LogP contribution in [-0.2, 0) is 0 Å². The van der Waals surface area contributed by atoms with E-state index in [2.05, 4.69) is 46.4 Å². The molecule has 1 aromatic carbocycles. The minimum absolute atomic E-state index is 0.667. The Balaban J connectivity index is 1.61. The molecule has 0 bridgehead atoms. The maximum atomic E-state index is 4.40. The zero-order chi connectivity index (χ0) is 13.8. The number of likely N-dealkylation sites (tertiary alicyclic amines) is 1. The van der Waals surface area contributed by atoms with Crippen LogP contribution in [0.1, 0.15) is 19.8 Å². The van der Waals surface area contributed by atoms with E-state index in [1.54, 1.807) is 0 Å². The highest BCUT2D eigenvalue weighted by atomic mass is 15.1. The van der Waals surface area contributed by atoms with Crippen molar-refractivity contribution in [3.05, 3.63) is 36.5 Å². The fourth-order valence-electron chi connectivity index (χ4n) is 3.00. The smallest absolute Gasteiger partial charge is 0.0722 e. The van der Waals surface area contributed by atoms with E-state index in [9.17, 15) is 0 Å². The van der Waals surface area contributed by atoms with Gasteiger partial charge in [-0.3, -0.25) is 4.98 Å². The number of aromatic nitrogens is 1. The maximum absolute atomic E-state index is 4.40. The molecule has 1 N–H and O–H groups in total. The van der Waals surface area contributed by atoms with Gasteiger partial charge in [0.25, 0.3) is 0 Å². The van der Waals surface area contributed by atoms with Crippen molar-refractivity contribution in [1.29, 1.82) is 0 Å². The summed E-state index contributed by atoms with van der Waals surface area (Å²) in [6.07, 6.45) is 4.63. The Morgan fingerprint density at radius 1 is 1.20 bits per heavy atom.